The standard InChI is InChI=1S/C13H15NS/c1-2-4-13-12(3-1)10(9-15-13)7-8-14-11-5-6-11/h1-4,9,11,14H,5-8H2. The van der Waals surface area contributed by atoms with E-state index in [-0.39, 0.29) is 0 Å². The van der Waals surface area contributed by atoms with Gasteiger partial charge in [-0.25, -0.2) is 0 Å². The van der Waals surface area contributed by atoms with Crippen molar-refractivity contribution in [3.63, 3.8) is 0 Å². The summed E-state index contributed by atoms with van der Waals surface area (Å²) in [5.41, 5.74) is 1.50. The molecule has 0 unspecified atom stereocenters. The van der Waals surface area contributed by atoms with Crippen LogP contribution in [0.4, 0.5) is 0 Å². The molecule has 2 aromatic rings. The summed E-state index contributed by atoms with van der Waals surface area (Å²) in [6.07, 6.45) is 3.93. The van der Waals surface area contributed by atoms with Crippen LogP contribution in [0.3, 0.4) is 0 Å². The molecule has 1 heterocycles. The Labute approximate surface area is 94.1 Å². The Kier molecular flexibility index (Phi) is 2.47. The van der Waals surface area contributed by atoms with Crippen LogP contribution in [0.15, 0.2) is 29.6 Å². The molecule has 1 saturated carbocycles. The summed E-state index contributed by atoms with van der Waals surface area (Å²) in [4.78, 5) is 0. The van der Waals surface area contributed by atoms with Gasteiger partial charge in [0.25, 0.3) is 0 Å². The van der Waals surface area contributed by atoms with Crippen molar-refractivity contribution in [2.75, 3.05) is 6.54 Å². The van der Waals surface area contributed by atoms with Gasteiger partial charge < -0.3 is 5.32 Å². The first-order valence-corrected chi connectivity index (χ1v) is 6.50. The lowest BCUT2D eigenvalue weighted by Crippen LogP contribution is -2.19. The monoisotopic (exact) mass is 217 g/mol. The summed E-state index contributed by atoms with van der Waals surface area (Å²) in [6.45, 7) is 1.13. The highest BCUT2D eigenvalue weighted by Crippen LogP contribution is 2.26. The van der Waals surface area contributed by atoms with Gasteiger partial charge in [0.05, 0.1) is 0 Å². The van der Waals surface area contributed by atoms with Crippen molar-refractivity contribution in [3.05, 3.63) is 35.2 Å². The van der Waals surface area contributed by atoms with Gasteiger partial charge in [-0.3, -0.25) is 0 Å². The zero-order valence-electron chi connectivity index (χ0n) is 8.70. The third-order valence-electron chi connectivity index (χ3n) is 2.97. The summed E-state index contributed by atoms with van der Waals surface area (Å²) in [5, 5.41) is 7.31. The number of thiophene rings is 1. The van der Waals surface area contributed by atoms with Crippen LogP contribution in [0.1, 0.15) is 18.4 Å². The first kappa shape index (κ1) is 9.37. The molecule has 0 radical (unpaired) electrons. The van der Waals surface area contributed by atoms with Gasteiger partial charge in [-0.15, -0.1) is 11.3 Å². The van der Waals surface area contributed by atoms with Crippen LogP contribution < -0.4 is 5.32 Å². The van der Waals surface area contributed by atoms with E-state index in [0.29, 0.717) is 0 Å². The zero-order chi connectivity index (χ0) is 10.1. The molecule has 15 heavy (non-hydrogen) atoms. The summed E-state index contributed by atoms with van der Waals surface area (Å²) in [5.74, 6) is 0. The average Bonchev–Trinajstić information content (AvgIpc) is 3.00. The van der Waals surface area contributed by atoms with Gasteiger partial charge in [-0.1, -0.05) is 18.2 Å². The van der Waals surface area contributed by atoms with Crippen LogP contribution in [0.2, 0.25) is 0 Å². The van der Waals surface area contributed by atoms with Crippen molar-refractivity contribution >= 4 is 21.4 Å². The minimum atomic E-state index is 0.829. The topological polar surface area (TPSA) is 12.0 Å². The second kappa shape index (κ2) is 3.95. The van der Waals surface area contributed by atoms with Crippen LogP contribution in [-0.4, -0.2) is 12.6 Å². The molecule has 1 aliphatic rings. The fraction of sp³-hybridized carbons (Fsp3) is 0.385. The first-order valence-electron chi connectivity index (χ1n) is 5.62. The van der Waals surface area contributed by atoms with Crippen LogP contribution in [0.5, 0.6) is 0 Å². The average molecular weight is 217 g/mol. The van der Waals surface area contributed by atoms with Crippen LogP contribution in [0, 0.1) is 0 Å². The van der Waals surface area contributed by atoms with E-state index in [9.17, 15) is 0 Å². The predicted molar refractivity (Wildman–Crippen MR) is 66.6 cm³/mol. The smallest absolute Gasteiger partial charge is 0.0345 e. The van der Waals surface area contributed by atoms with Crippen LogP contribution >= 0.6 is 11.3 Å². The van der Waals surface area contributed by atoms with Crippen molar-refractivity contribution in [2.45, 2.75) is 25.3 Å². The normalized spacial score (nSPS) is 16.0. The minimum absolute atomic E-state index is 0.829. The molecule has 0 aliphatic heterocycles. The van der Waals surface area contributed by atoms with Crippen molar-refractivity contribution in [1.29, 1.82) is 0 Å². The van der Waals surface area contributed by atoms with E-state index in [1.807, 2.05) is 11.3 Å². The van der Waals surface area contributed by atoms with Gasteiger partial charge in [-0.2, -0.15) is 0 Å². The summed E-state index contributed by atoms with van der Waals surface area (Å²) in [6, 6.07) is 9.52. The molecule has 0 saturated heterocycles. The maximum Gasteiger partial charge on any atom is 0.0345 e. The van der Waals surface area contributed by atoms with E-state index in [1.165, 1.54) is 34.9 Å². The number of hydrogen-bond acceptors (Lipinski definition) is 2. The summed E-state index contributed by atoms with van der Waals surface area (Å²) >= 11 is 1.86. The molecule has 3 rings (SSSR count). The van der Waals surface area contributed by atoms with Gasteiger partial charge in [0.15, 0.2) is 0 Å². The third-order valence-corrected chi connectivity index (χ3v) is 3.98. The highest BCUT2D eigenvalue weighted by molar-refractivity contribution is 7.17. The van der Waals surface area contributed by atoms with E-state index in [1.54, 1.807) is 0 Å². The quantitative estimate of drug-likeness (QED) is 0.829. The van der Waals surface area contributed by atoms with E-state index in [0.717, 1.165) is 12.6 Å². The molecule has 0 spiro atoms. The van der Waals surface area contributed by atoms with E-state index >= 15 is 0 Å². The summed E-state index contributed by atoms with van der Waals surface area (Å²) < 4.78 is 1.42. The molecule has 1 aromatic heterocycles. The van der Waals surface area contributed by atoms with Gasteiger partial charge in [0.2, 0.25) is 0 Å². The third kappa shape index (κ3) is 2.06. The molecule has 78 valence electrons. The Balaban J connectivity index is 1.72. The number of nitrogens with one attached hydrogen (secondary N) is 1. The maximum atomic E-state index is 3.56. The fourth-order valence-corrected chi connectivity index (χ4v) is 2.92. The SMILES string of the molecule is c1ccc2c(CCNC3CC3)csc2c1. The number of rotatable bonds is 4. The molecule has 1 N–H and O–H groups in total. The zero-order valence-corrected chi connectivity index (χ0v) is 9.52. The van der Waals surface area contributed by atoms with Crippen molar-refractivity contribution < 1.29 is 0 Å². The second-order valence-corrected chi connectivity index (χ2v) is 5.15. The number of hydrogen-bond donors (Lipinski definition) is 1. The molecule has 0 amide bonds. The van der Waals surface area contributed by atoms with Gasteiger partial charge in [-0.05, 0) is 48.2 Å². The van der Waals surface area contributed by atoms with Crippen LogP contribution in [0.25, 0.3) is 10.1 Å². The molecular weight excluding hydrogens is 202 g/mol. The van der Waals surface area contributed by atoms with Gasteiger partial charge >= 0.3 is 0 Å². The van der Waals surface area contributed by atoms with Gasteiger partial charge in [0.1, 0.15) is 0 Å². The Morgan fingerprint density at radius 1 is 1.27 bits per heavy atom. The highest BCUT2D eigenvalue weighted by Gasteiger charge is 2.19. The molecule has 2 heteroatoms. The molecule has 1 fully saturated rings. The van der Waals surface area contributed by atoms with Crippen molar-refractivity contribution in [3.8, 4) is 0 Å². The molecule has 0 atom stereocenters. The lowest BCUT2D eigenvalue weighted by Gasteiger charge is -2.01. The minimum Gasteiger partial charge on any atom is -0.314 e. The number of benzene rings is 1. The Hall–Kier alpha value is -0.860. The lowest BCUT2D eigenvalue weighted by atomic mass is 10.1. The summed E-state index contributed by atoms with van der Waals surface area (Å²) in [7, 11) is 0. The van der Waals surface area contributed by atoms with E-state index in [4.69, 9.17) is 0 Å². The van der Waals surface area contributed by atoms with Crippen molar-refractivity contribution in [1.82, 2.24) is 5.32 Å². The fourth-order valence-electron chi connectivity index (χ4n) is 1.92. The number of fused-ring (bicyclic) bond motifs is 1. The second-order valence-electron chi connectivity index (χ2n) is 4.24. The van der Waals surface area contributed by atoms with E-state index < -0.39 is 0 Å². The Morgan fingerprint density at radius 3 is 3.00 bits per heavy atom. The molecule has 1 aromatic carbocycles. The lowest BCUT2D eigenvalue weighted by molar-refractivity contribution is 0.684. The first-order chi connectivity index (χ1) is 7.43. The highest BCUT2D eigenvalue weighted by atomic mass is 32.1. The molecular formula is C13H15NS. The molecule has 0 bridgehead atoms. The molecule has 1 aliphatic carbocycles. The Bertz CT molecular complexity index is 456. The van der Waals surface area contributed by atoms with Crippen molar-refractivity contribution in [2.24, 2.45) is 0 Å². The Morgan fingerprint density at radius 2 is 2.13 bits per heavy atom. The van der Waals surface area contributed by atoms with E-state index in [2.05, 4.69) is 35.0 Å². The predicted octanol–water partition coefficient (Wildman–Crippen LogP) is 3.20. The molecule has 1 nitrogen and oxygen atoms in total. The maximum absolute atomic E-state index is 3.56. The van der Waals surface area contributed by atoms with Gasteiger partial charge in [0, 0.05) is 10.7 Å². The van der Waals surface area contributed by atoms with Crippen LogP contribution in [-0.2, 0) is 6.42 Å². The largest absolute Gasteiger partial charge is 0.314 e.